The molecule has 1 heterocycles. The predicted octanol–water partition coefficient (Wildman–Crippen LogP) is 1.61. The van der Waals surface area contributed by atoms with Crippen molar-refractivity contribution >= 4 is 35.1 Å². The predicted molar refractivity (Wildman–Crippen MR) is 78.0 cm³/mol. The number of amides is 1. The number of aromatic amines is 1. The number of fused-ring (bicyclic) bond motifs is 1. The zero-order valence-electron chi connectivity index (χ0n) is 10.7. The molecule has 4 N–H and O–H groups in total. The Morgan fingerprint density at radius 2 is 2.20 bits per heavy atom. The zero-order valence-corrected chi connectivity index (χ0v) is 11.5. The van der Waals surface area contributed by atoms with Crippen molar-refractivity contribution in [3.63, 3.8) is 0 Å². The van der Waals surface area contributed by atoms with E-state index in [0.29, 0.717) is 16.8 Å². The van der Waals surface area contributed by atoms with Crippen LogP contribution >= 0.6 is 12.4 Å². The van der Waals surface area contributed by atoms with Gasteiger partial charge in [0.25, 0.3) is 0 Å². The van der Waals surface area contributed by atoms with Crippen molar-refractivity contribution < 1.29 is 9.21 Å². The highest BCUT2D eigenvalue weighted by molar-refractivity contribution is 5.94. The molecule has 0 bridgehead atoms. The highest BCUT2D eigenvalue weighted by atomic mass is 35.5. The second-order valence-electron chi connectivity index (χ2n) is 4.98. The SMILES string of the molecule is Cl.NC1CCC(C(=O)Nc2ccc3oc(=O)[nH]c3c2)C1. The van der Waals surface area contributed by atoms with E-state index in [0.717, 1.165) is 19.3 Å². The quantitative estimate of drug-likeness (QED) is 0.783. The van der Waals surface area contributed by atoms with Gasteiger partial charge in [0, 0.05) is 17.6 Å². The Morgan fingerprint density at radius 1 is 1.40 bits per heavy atom. The highest BCUT2D eigenvalue weighted by Gasteiger charge is 2.27. The van der Waals surface area contributed by atoms with Crippen LogP contribution in [0.5, 0.6) is 0 Å². The average molecular weight is 298 g/mol. The number of hydrogen-bond donors (Lipinski definition) is 3. The summed E-state index contributed by atoms with van der Waals surface area (Å²) in [6.07, 6.45) is 2.46. The first-order chi connectivity index (χ1) is 9.11. The minimum Gasteiger partial charge on any atom is -0.408 e. The number of H-pyrrole nitrogens is 1. The van der Waals surface area contributed by atoms with Gasteiger partial charge in [-0.3, -0.25) is 9.78 Å². The van der Waals surface area contributed by atoms with Crippen molar-refractivity contribution in [2.75, 3.05) is 5.32 Å². The second kappa shape index (κ2) is 5.68. The van der Waals surface area contributed by atoms with Gasteiger partial charge in [0.2, 0.25) is 5.91 Å². The molecule has 7 heteroatoms. The molecule has 2 aromatic rings. The lowest BCUT2D eigenvalue weighted by molar-refractivity contribution is -0.119. The maximum atomic E-state index is 12.0. The molecule has 6 nitrogen and oxygen atoms in total. The lowest BCUT2D eigenvalue weighted by Gasteiger charge is -2.10. The van der Waals surface area contributed by atoms with E-state index in [-0.39, 0.29) is 30.3 Å². The number of carbonyl (C=O) groups excluding carboxylic acids is 1. The standard InChI is InChI=1S/C13H15N3O3.ClH/c14-8-2-1-7(5-8)12(17)15-9-3-4-11-10(6-9)16-13(18)19-11;/h3-4,6-8H,1-2,5,14H2,(H,15,17)(H,16,18);1H. The molecule has 1 aromatic carbocycles. The summed E-state index contributed by atoms with van der Waals surface area (Å²) in [5.41, 5.74) is 7.50. The molecule has 1 aliphatic carbocycles. The third-order valence-electron chi connectivity index (χ3n) is 3.53. The van der Waals surface area contributed by atoms with Crippen LogP contribution in [0.4, 0.5) is 5.69 Å². The number of nitrogens with two attached hydrogens (primary N) is 1. The molecular formula is C13H16ClN3O3. The van der Waals surface area contributed by atoms with Gasteiger partial charge in [-0.05, 0) is 37.5 Å². The lowest BCUT2D eigenvalue weighted by atomic mass is 10.1. The Bertz CT molecular complexity index is 679. The minimum absolute atomic E-state index is 0. The first-order valence-corrected chi connectivity index (χ1v) is 6.31. The second-order valence-corrected chi connectivity index (χ2v) is 4.98. The normalized spacial score (nSPS) is 21.6. The Labute approximate surface area is 121 Å². The van der Waals surface area contributed by atoms with Crippen molar-refractivity contribution in [1.29, 1.82) is 0 Å². The maximum absolute atomic E-state index is 12.0. The van der Waals surface area contributed by atoms with Crippen LogP contribution in [0.1, 0.15) is 19.3 Å². The molecule has 1 fully saturated rings. The number of anilines is 1. The number of oxazole rings is 1. The van der Waals surface area contributed by atoms with Gasteiger partial charge in [-0.1, -0.05) is 0 Å². The molecule has 0 saturated heterocycles. The van der Waals surface area contributed by atoms with E-state index in [1.165, 1.54) is 0 Å². The van der Waals surface area contributed by atoms with E-state index in [1.54, 1.807) is 18.2 Å². The molecular weight excluding hydrogens is 282 g/mol. The van der Waals surface area contributed by atoms with Crippen LogP contribution in [0.3, 0.4) is 0 Å². The summed E-state index contributed by atoms with van der Waals surface area (Å²) < 4.78 is 4.90. The highest BCUT2D eigenvalue weighted by Crippen LogP contribution is 2.26. The largest absolute Gasteiger partial charge is 0.417 e. The molecule has 20 heavy (non-hydrogen) atoms. The summed E-state index contributed by atoms with van der Waals surface area (Å²) >= 11 is 0. The first kappa shape index (κ1) is 14.6. The Kier molecular flexibility index (Phi) is 4.15. The average Bonchev–Trinajstić information content (AvgIpc) is 2.93. The monoisotopic (exact) mass is 297 g/mol. The van der Waals surface area contributed by atoms with Crippen molar-refractivity contribution in [3.05, 3.63) is 28.7 Å². The van der Waals surface area contributed by atoms with Crippen LogP contribution in [0.25, 0.3) is 11.1 Å². The van der Waals surface area contributed by atoms with Crippen molar-refractivity contribution in [3.8, 4) is 0 Å². The zero-order chi connectivity index (χ0) is 13.4. The van der Waals surface area contributed by atoms with Gasteiger partial charge in [0.15, 0.2) is 5.58 Å². The fraction of sp³-hybridized carbons (Fsp3) is 0.385. The van der Waals surface area contributed by atoms with Crippen LogP contribution in [-0.2, 0) is 4.79 Å². The number of halogens is 1. The van der Waals surface area contributed by atoms with Gasteiger partial charge in [-0.2, -0.15) is 0 Å². The summed E-state index contributed by atoms with van der Waals surface area (Å²) in [6.45, 7) is 0. The minimum atomic E-state index is -0.500. The van der Waals surface area contributed by atoms with Crippen molar-refractivity contribution in [2.45, 2.75) is 25.3 Å². The molecule has 1 aliphatic rings. The van der Waals surface area contributed by atoms with Crippen LogP contribution in [0.2, 0.25) is 0 Å². The molecule has 1 amide bonds. The Balaban J connectivity index is 0.00000147. The number of carbonyl (C=O) groups is 1. The summed E-state index contributed by atoms with van der Waals surface area (Å²) in [5, 5.41) is 2.85. The third-order valence-corrected chi connectivity index (χ3v) is 3.53. The number of hydrogen-bond acceptors (Lipinski definition) is 4. The molecule has 2 unspecified atom stereocenters. The van der Waals surface area contributed by atoms with E-state index in [9.17, 15) is 9.59 Å². The molecule has 2 atom stereocenters. The van der Waals surface area contributed by atoms with Crippen LogP contribution in [0, 0.1) is 5.92 Å². The molecule has 1 aromatic heterocycles. The molecule has 0 aliphatic heterocycles. The summed E-state index contributed by atoms with van der Waals surface area (Å²) in [6, 6.07) is 5.19. The fourth-order valence-corrected chi connectivity index (χ4v) is 2.53. The third kappa shape index (κ3) is 2.86. The topological polar surface area (TPSA) is 101 Å². The Hall–Kier alpha value is -1.79. The smallest absolute Gasteiger partial charge is 0.408 e. The molecule has 3 rings (SSSR count). The van der Waals surface area contributed by atoms with E-state index in [4.69, 9.17) is 10.2 Å². The number of rotatable bonds is 2. The Morgan fingerprint density at radius 3 is 2.90 bits per heavy atom. The summed E-state index contributed by atoms with van der Waals surface area (Å²) in [7, 11) is 0. The first-order valence-electron chi connectivity index (χ1n) is 6.31. The van der Waals surface area contributed by atoms with Gasteiger partial charge in [0.1, 0.15) is 0 Å². The molecule has 0 radical (unpaired) electrons. The van der Waals surface area contributed by atoms with E-state index in [1.807, 2.05) is 0 Å². The number of benzene rings is 1. The van der Waals surface area contributed by atoms with Crippen LogP contribution in [-0.4, -0.2) is 16.9 Å². The lowest BCUT2D eigenvalue weighted by Crippen LogP contribution is -2.23. The van der Waals surface area contributed by atoms with Crippen molar-refractivity contribution in [2.24, 2.45) is 11.7 Å². The van der Waals surface area contributed by atoms with Crippen LogP contribution in [0.15, 0.2) is 27.4 Å². The molecule has 108 valence electrons. The fourth-order valence-electron chi connectivity index (χ4n) is 2.53. The van der Waals surface area contributed by atoms with Gasteiger partial charge in [-0.25, -0.2) is 4.79 Å². The van der Waals surface area contributed by atoms with Crippen molar-refractivity contribution in [1.82, 2.24) is 4.98 Å². The molecule has 1 saturated carbocycles. The maximum Gasteiger partial charge on any atom is 0.417 e. The summed E-state index contributed by atoms with van der Waals surface area (Å²) in [5.74, 6) is -0.535. The van der Waals surface area contributed by atoms with Crippen LogP contribution < -0.4 is 16.8 Å². The van der Waals surface area contributed by atoms with E-state index < -0.39 is 5.76 Å². The van der Waals surface area contributed by atoms with Gasteiger partial charge in [-0.15, -0.1) is 12.4 Å². The van der Waals surface area contributed by atoms with Gasteiger partial charge >= 0.3 is 5.76 Å². The number of aromatic nitrogens is 1. The van der Waals surface area contributed by atoms with E-state index >= 15 is 0 Å². The number of nitrogens with one attached hydrogen (secondary N) is 2. The van der Waals surface area contributed by atoms with Gasteiger partial charge < -0.3 is 15.5 Å². The van der Waals surface area contributed by atoms with E-state index in [2.05, 4.69) is 10.3 Å². The molecule has 0 spiro atoms. The summed E-state index contributed by atoms with van der Waals surface area (Å²) in [4.78, 5) is 25.6. The van der Waals surface area contributed by atoms with Gasteiger partial charge in [0.05, 0.1) is 5.52 Å².